The minimum absolute atomic E-state index is 0.0457. The Balaban J connectivity index is 1.71. The van der Waals surface area contributed by atoms with Gasteiger partial charge in [0.2, 0.25) is 0 Å². The summed E-state index contributed by atoms with van der Waals surface area (Å²) >= 11 is 5.96. The van der Waals surface area contributed by atoms with Crippen molar-refractivity contribution < 1.29 is 9.21 Å². The second kappa shape index (κ2) is 6.37. The lowest BCUT2D eigenvalue weighted by Gasteiger charge is -2.25. The summed E-state index contributed by atoms with van der Waals surface area (Å²) in [6.07, 6.45) is 1.77. The smallest absolute Gasteiger partial charge is 0.349 e. The molecule has 126 valence electrons. The van der Waals surface area contributed by atoms with E-state index in [0.29, 0.717) is 17.2 Å². The van der Waals surface area contributed by atoms with Crippen LogP contribution in [0.3, 0.4) is 0 Å². The molecule has 4 rings (SSSR count). The van der Waals surface area contributed by atoms with Gasteiger partial charge in [-0.2, -0.15) is 0 Å². The average Bonchev–Trinajstić information content (AvgIpc) is 3.11. The summed E-state index contributed by atoms with van der Waals surface area (Å²) in [5.74, 6) is -0.281. The largest absolute Gasteiger partial charge is 0.422 e. The summed E-state index contributed by atoms with van der Waals surface area (Å²) in [5, 5.41) is 1.41. The number of amides is 1. The molecule has 0 bridgehead atoms. The first kappa shape index (κ1) is 15.9. The Hall–Kier alpha value is -2.59. The third-order valence-electron chi connectivity index (χ3n) is 4.64. The zero-order chi connectivity index (χ0) is 17.4. The lowest BCUT2D eigenvalue weighted by atomic mass is 10.0. The van der Waals surface area contributed by atoms with Gasteiger partial charge in [0, 0.05) is 17.0 Å². The molecule has 0 saturated carbocycles. The van der Waals surface area contributed by atoms with Gasteiger partial charge in [-0.3, -0.25) is 4.79 Å². The molecule has 0 unspecified atom stereocenters. The lowest BCUT2D eigenvalue weighted by molar-refractivity contribution is 0.0731. The summed E-state index contributed by atoms with van der Waals surface area (Å²) in [6.45, 7) is 0.623. The summed E-state index contributed by atoms with van der Waals surface area (Å²) in [7, 11) is 0. The van der Waals surface area contributed by atoms with Crippen molar-refractivity contribution >= 4 is 28.5 Å². The second-order valence-corrected chi connectivity index (χ2v) is 6.63. The first-order chi connectivity index (χ1) is 12.1. The number of hydrogen-bond acceptors (Lipinski definition) is 3. The highest BCUT2D eigenvalue weighted by Gasteiger charge is 2.32. The number of likely N-dealkylation sites (tertiary alicyclic amines) is 1. The van der Waals surface area contributed by atoms with Crippen LogP contribution >= 0.6 is 11.6 Å². The second-order valence-electron chi connectivity index (χ2n) is 6.19. The third-order valence-corrected chi connectivity index (χ3v) is 4.89. The fraction of sp³-hybridized carbons (Fsp3) is 0.200. The predicted octanol–water partition coefficient (Wildman–Crippen LogP) is 4.42. The molecule has 1 aliphatic heterocycles. The molecule has 0 radical (unpaired) electrons. The number of fused-ring (bicyclic) bond motifs is 1. The van der Waals surface area contributed by atoms with E-state index < -0.39 is 5.63 Å². The van der Waals surface area contributed by atoms with Gasteiger partial charge in [0.1, 0.15) is 11.1 Å². The first-order valence-corrected chi connectivity index (χ1v) is 8.60. The maximum Gasteiger partial charge on any atom is 0.349 e. The van der Waals surface area contributed by atoms with E-state index in [9.17, 15) is 9.59 Å². The number of nitrogens with zero attached hydrogens (tertiary/aromatic N) is 1. The molecule has 2 heterocycles. The molecule has 1 atom stereocenters. The molecule has 1 aliphatic rings. The SMILES string of the molecule is O=C(c1cc2ccccc2oc1=O)N1CCC[C@H]1c1ccc(Cl)cc1. The third kappa shape index (κ3) is 2.94. The molecular formula is C20H16ClNO3. The Bertz CT molecular complexity index is 994. The fourth-order valence-corrected chi connectivity index (χ4v) is 3.53. The van der Waals surface area contributed by atoms with Crippen LogP contribution in [0, 0.1) is 0 Å². The van der Waals surface area contributed by atoms with Crippen molar-refractivity contribution in [1.82, 2.24) is 4.90 Å². The van der Waals surface area contributed by atoms with Gasteiger partial charge < -0.3 is 9.32 Å². The summed E-state index contributed by atoms with van der Waals surface area (Å²) in [4.78, 5) is 27.0. The fourth-order valence-electron chi connectivity index (χ4n) is 3.41. The maximum absolute atomic E-state index is 13.0. The van der Waals surface area contributed by atoms with E-state index in [-0.39, 0.29) is 17.5 Å². The van der Waals surface area contributed by atoms with Crippen LogP contribution in [0.25, 0.3) is 11.0 Å². The van der Waals surface area contributed by atoms with Crippen molar-refractivity contribution in [3.05, 3.63) is 81.2 Å². The van der Waals surface area contributed by atoms with Crippen LogP contribution in [0.5, 0.6) is 0 Å². The minimum atomic E-state index is -0.592. The molecule has 0 N–H and O–H groups in total. The van der Waals surface area contributed by atoms with Gasteiger partial charge in [-0.15, -0.1) is 0 Å². The van der Waals surface area contributed by atoms with Gasteiger partial charge >= 0.3 is 5.63 Å². The highest BCUT2D eigenvalue weighted by atomic mass is 35.5. The van der Waals surface area contributed by atoms with Crippen LogP contribution in [0.1, 0.15) is 34.8 Å². The van der Waals surface area contributed by atoms with Gasteiger partial charge in [0.15, 0.2) is 0 Å². The van der Waals surface area contributed by atoms with E-state index >= 15 is 0 Å². The highest BCUT2D eigenvalue weighted by Crippen LogP contribution is 2.33. The topological polar surface area (TPSA) is 50.5 Å². The molecule has 3 aromatic rings. The van der Waals surface area contributed by atoms with Gasteiger partial charge in [-0.25, -0.2) is 4.79 Å². The Morgan fingerprint density at radius 3 is 2.68 bits per heavy atom. The van der Waals surface area contributed by atoms with Crippen molar-refractivity contribution in [2.24, 2.45) is 0 Å². The van der Waals surface area contributed by atoms with Crippen molar-refractivity contribution in [2.45, 2.75) is 18.9 Å². The first-order valence-electron chi connectivity index (χ1n) is 8.23. The minimum Gasteiger partial charge on any atom is -0.422 e. The van der Waals surface area contributed by atoms with Crippen LogP contribution in [0.15, 0.2) is 63.8 Å². The van der Waals surface area contributed by atoms with E-state index in [1.807, 2.05) is 36.4 Å². The quantitative estimate of drug-likeness (QED) is 0.641. The molecule has 4 nitrogen and oxygen atoms in total. The molecular weight excluding hydrogens is 338 g/mol. The van der Waals surface area contributed by atoms with E-state index in [1.165, 1.54) is 0 Å². The van der Waals surface area contributed by atoms with E-state index in [1.54, 1.807) is 23.1 Å². The lowest BCUT2D eigenvalue weighted by Crippen LogP contribution is -2.33. The van der Waals surface area contributed by atoms with Crippen LogP contribution < -0.4 is 5.63 Å². The van der Waals surface area contributed by atoms with Gasteiger partial charge in [0.05, 0.1) is 6.04 Å². The molecule has 25 heavy (non-hydrogen) atoms. The van der Waals surface area contributed by atoms with Crippen LogP contribution in [0.4, 0.5) is 0 Å². The van der Waals surface area contributed by atoms with Crippen molar-refractivity contribution in [1.29, 1.82) is 0 Å². The zero-order valence-electron chi connectivity index (χ0n) is 13.4. The van der Waals surface area contributed by atoms with Crippen molar-refractivity contribution in [2.75, 3.05) is 6.54 Å². The van der Waals surface area contributed by atoms with Gasteiger partial charge in [-0.05, 0) is 42.7 Å². The molecule has 0 spiro atoms. The van der Waals surface area contributed by atoms with E-state index in [0.717, 1.165) is 23.8 Å². The number of carbonyl (C=O) groups is 1. The van der Waals surface area contributed by atoms with Crippen molar-refractivity contribution in [3.8, 4) is 0 Å². The monoisotopic (exact) mass is 353 g/mol. The Morgan fingerprint density at radius 1 is 1.12 bits per heavy atom. The molecule has 0 aliphatic carbocycles. The molecule has 1 fully saturated rings. The van der Waals surface area contributed by atoms with Gasteiger partial charge in [0.25, 0.3) is 5.91 Å². The summed E-state index contributed by atoms with van der Waals surface area (Å²) < 4.78 is 5.31. The van der Waals surface area contributed by atoms with Crippen LogP contribution in [0.2, 0.25) is 5.02 Å². The number of rotatable bonds is 2. The number of halogens is 1. The summed E-state index contributed by atoms with van der Waals surface area (Å²) in [5.41, 5.74) is 1.00. The Kier molecular flexibility index (Phi) is 4.06. The van der Waals surface area contributed by atoms with Crippen molar-refractivity contribution in [3.63, 3.8) is 0 Å². The van der Waals surface area contributed by atoms with Gasteiger partial charge in [-0.1, -0.05) is 41.9 Å². The van der Waals surface area contributed by atoms with Crippen LogP contribution in [-0.4, -0.2) is 17.4 Å². The Morgan fingerprint density at radius 2 is 1.88 bits per heavy atom. The molecule has 1 amide bonds. The molecule has 1 saturated heterocycles. The number of hydrogen-bond donors (Lipinski definition) is 0. The highest BCUT2D eigenvalue weighted by molar-refractivity contribution is 6.30. The maximum atomic E-state index is 13.0. The molecule has 5 heteroatoms. The molecule has 2 aromatic carbocycles. The molecule has 1 aromatic heterocycles. The van der Waals surface area contributed by atoms with Crippen LogP contribution in [-0.2, 0) is 0 Å². The predicted molar refractivity (Wildman–Crippen MR) is 96.9 cm³/mol. The summed E-state index contributed by atoms with van der Waals surface area (Å²) in [6, 6.07) is 16.3. The average molecular weight is 354 g/mol. The zero-order valence-corrected chi connectivity index (χ0v) is 14.2. The normalized spacial score (nSPS) is 17.2. The number of carbonyl (C=O) groups excluding carboxylic acids is 1. The number of benzene rings is 2. The standard InChI is InChI=1S/C20H16ClNO3/c21-15-9-7-13(8-10-15)17-5-3-11-22(17)19(23)16-12-14-4-1-2-6-18(14)25-20(16)24/h1-2,4,6-10,12,17H,3,5,11H2/t17-/m0/s1. The Labute approximate surface area is 149 Å². The number of para-hydroxylation sites is 1. The van der Waals surface area contributed by atoms with E-state index in [2.05, 4.69) is 0 Å². The van der Waals surface area contributed by atoms with E-state index in [4.69, 9.17) is 16.0 Å².